The molecule has 4 nitrogen and oxygen atoms in total. The number of amides is 2. The van der Waals surface area contributed by atoms with Gasteiger partial charge in [-0.2, -0.15) is 0 Å². The molecule has 0 fully saturated rings. The normalized spacial score (nSPS) is 17.1. The molecule has 1 atom stereocenters. The number of hydrogen-bond acceptors (Lipinski definition) is 1. The Hall–Kier alpha value is -1.94. The van der Waals surface area contributed by atoms with Crippen LogP contribution in [0.5, 0.6) is 0 Å². The summed E-state index contributed by atoms with van der Waals surface area (Å²) in [6.07, 6.45) is 0. The zero-order valence-electron chi connectivity index (χ0n) is 14.6. The Labute approximate surface area is 148 Å². The lowest BCUT2D eigenvalue weighted by Gasteiger charge is -2.39. The molecule has 0 saturated heterocycles. The monoisotopic (exact) mass is 345 g/mol. The van der Waals surface area contributed by atoms with Gasteiger partial charge in [0.1, 0.15) is 0 Å². The highest BCUT2D eigenvalue weighted by Gasteiger charge is 2.33. The average molecular weight is 346 g/mol. The van der Waals surface area contributed by atoms with Crippen LogP contribution >= 0.6 is 11.6 Å². The summed E-state index contributed by atoms with van der Waals surface area (Å²) in [4.78, 5) is 14.9. The molecule has 1 unspecified atom stereocenters. The molecule has 3 rings (SSSR count). The van der Waals surface area contributed by atoms with Crippen molar-refractivity contribution < 1.29 is 4.79 Å². The lowest BCUT2D eigenvalue weighted by molar-refractivity contribution is 0.143. The minimum absolute atomic E-state index is 0.0656. The second kappa shape index (κ2) is 6.52. The van der Waals surface area contributed by atoms with Gasteiger partial charge in [0, 0.05) is 35.2 Å². The van der Waals surface area contributed by atoms with E-state index in [1.807, 2.05) is 30.0 Å². The van der Waals surface area contributed by atoms with Gasteiger partial charge in [0.2, 0.25) is 0 Å². The molecule has 0 aliphatic carbocycles. The van der Waals surface area contributed by atoms with Gasteiger partial charge in [-0.3, -0.25) is 0 Å². The molecule has 0 bridgehead atoms. The van der Waals surface area contributed by atoms with Gasteiger partial charge in [0.05, 0.1) is 6.04 Å². The number of nitrogens with one attached hydrogen (secondary N) is 1. The molecular weight excluding hydrogens is 322 g/mol. The van der Waals surface area contributed by atoms with Gasteiger partial charge in [-0.15, -0.1) is 0 Å². The number of aryl methyl sites for hydroxylation is 1. The van der Waals surface area contributed by atoms with Crippen molar-refractivity contribution in [1.82, 2.24) is 9.47 Å². The minimum atomic E-state index is -0.0656. The second-order valence-corrected chi connectivity index (χ2v) is 7.18. The van der Waals surface area contributed by atoms with Crippen molar-refractivity contribution in [3.63, 3.8) is 0 Å². The van der Waals surface area contributed by atoms with Crippen molar-refractivity contribution in [3.8, 4) is 0 Å². The molecular formula is C19H24ClN3O. The molecule has 2 aromatic rings. The standard InChI is InChI=1S/C19H24ClN3O/c1-12(2)18-17-9-8-13(3)22(17)10-11-23(18)19(24)21-16-7-5-6-15(20)14(16)4/h5-9,12,18H,10-11H2,1-4H3,(H,21,24). The molecule has 0 spiro atoms. The molecule has 2 amide bonds. The number of anilines is 1. The maximum absolute atomic E-state index is 12.9. The van der Waals surface area contributed by atoms with Crippen LogP contribution in [0.1, 0.15) is 36.8 Å². The molecule has 1 aromatic heterocycles. The predicted molar refractivity (Wildman–Crippen MR) is 98.7 cm³/mol. The highest BCUT2D eigenvalue weighted by molar-refractivity contribution is 6.31. The van der Waals surface area contributed by atoms with Gasteiger partial charge >= 0.3 is 6.03 Å². The highest BCUT2D eigenvalue weighted by atomic mass is 35.5. The van der Waals surface area contributed by atoms with E-state index in [9.17, 15) is 4.79 Å². The third-order valence-corrected chi connectivity index (χ3v) is 5.25. The van der Waals surface area contributed by atoms with Crippen LogP contribution in [0.2, 0.25) is 5.02 Å². The smallest absolute Gasteiger partial charge is 0.322 e. The van der Waals surface area contributed by atoms with Crippen molar-refractivity contribution in [1.29, 1.82) is 0 Å². The Kier molecular flexibility index (Phi) is 4.59. The average Bonchev–Trinajstić information content (AvgIpc) is 2.92. The number of hydrogen-bond donors (Lipinski definition) is 1. The zero-order valence-corrected chi connectivity index (χ0v) is 15.4. The van der Waals surface area contributed by atoms with Crippen LogP contribution in [0.25, 0.3) is 0 Å². The number of carbonyl (C=O) groups is 1. The minimum Gasteiger partial charge on any atom is -0.345 e. The summed E-state index contributed by atoms with van der Waals surface area (Å²) in [7, 11) is 0. The summed E-state index contributed by atoms with van der Waals surface area (Å²) < 4.78 is 2.32. The number of fused-ring (bicyclic) bond motifs is 1. The van der Waals surface area contributed by atoms with Gasteiger partial charge in [-0.1, -0.05) is 31.5 Å². The number of halogens is 1. The molecule has 2 heterocycles. The molecule has 5 heteroatoms. The molecule has 0 saturated carbocycles. The fraction of sp³-hybridized carbons (Fsp3) is 0.421. The Bertz CT molecular complexity index is 766. The lowest BCUT2D eigenvalue weighted by atomic mass is 9.97. The van der Waals surface area contributed by atoms with Crippen molar-refractivity contribution in [2.75, 3.05) is 11.9 Å². The predicted octanol–water partition coefficient (Wildman–Crippen LogP) is 5.00. The molecule has 24 heavy (non-hydrogen) atoms. The number of rotatable bonds is 2. The van der Waals surface area contributed by atoms with E-state index in [1.54, 1.807) is 0 Å². The van der Waals surface area contributed by atoms with E-state index in [-0.39, 0.29) is 12.1 Å². The van der Waals surface area contributed by atoms with Gasteiger partial charge in [-0.25, -0.2) is 4.79 Å². The Morgan fingerprint density at radius 3 is 2.67 bits per heavy atom. The van der Waals surface area contributed by atoms with Gasteiger partial charge in [-0.05, 0) is 49.6 Å². The fourth-order valence-corrected chi connectivity index (χ4v) is 3.69. The first-order chi connectivity index (χ1) is 11.4. The van der Waals surface area contributed by atoms with Gasteiger partial charge in [0.25, 0.3) is 0 Å². The largest absolute Gasteiger partial charge is 0.345 e. The molecule has 1 aliphatic heterocycles. The topological polar surface area (TPSA) is 37.3 Å². The summed E-state index contributed by atoms with van der Waals surface area (Å²) in [5.74, 6) is 0.338. The second-order valence-electron chi connectivity index (χ2n) is 6.78. The zero-order chi connectivity index (χ0) is 17.4. The van der Waals surface area contributed by atoms with Crippen molar-refractivity contribution in [3.05, 3.63) is 52.3 Å². The van der Waals surface area contributed by atoms with E-state index in [0.29, 0.717) is 17.5 Å². The summed E-state index contributed by atoms with van der Waals surface area (Å²) in [6, 6.07) is 9.86. The van der Waals surface area contributed by atoms with E-state index in [1.165, 1.54) is 11.4 Å². The summed E-state index contributed by atoms with van der Waals surface area (Å²) in [5.41, 5.74) is 4.13. The fourth-order valence-electron chi connectivity index (χ4n) is 3.52. The van der Waals surface area contributed by atoms with Crippen LogP contribution in [0, 0.1) is 19.8 Å². The quantitative estimate of drug-likeness (QED) is 0.816. The molecule has 0 radical (unpaired) electrons. The summed E-state index contributed by atoms with van der Waals surface area (Å²) in [6.45, 7) is 9.89. The van der Waals surface area contributed by atoms with Crippen LogP contribution in [0.15, 0.2) is 30.3 Å². The SMILES string of the molecule is Cc1c(Cl)cccc1NC(=O)N1CCn2c(C)ccc2C1C(C)C. The summed E-state index contributed by atoms with van der Waals surface area (Å²) in [5, 5.41) is 3.70. The first-order valence-corrected chi connectivity index (χ1v) is 8.76. The number of nitrogens with zero attached hydrogens (tertiary/aromatic N) is 2. The Morgan fingerprint density at radius 2 is 1.96 bits per heavy atom. The Balaban J connectivity index is 1.88. The number of aromatic nitrogens is 1. The van der Waals surface area contributed by atoms with E-state index < -0.39 is 0 Å². The molecule has 1 aromatic carbocycles. The summed E-state index contributed by atoms with van der Waals surface area (Å²) >= 11 is 6.16. The van der Waals surface area contributed by atoms with Gasteiger partial charge < -0.3 is 14.8 Å². The van der Waals surface area contributed by atoms with Crippen LogP contribution in [0.3, 0.4) is 0 Å². The first kappa shape index (κ1) is 16.9. The number of urea groups is 1. The number of carbonyl (C=O) groups excluding carboxylic acids is 1. The van der Waals surface area contributed by atoms with E-state index in [2.05, 4.69) is 42.8 Å². The third kappa shape index (κ3) is 2.91. The van der Waals surface area contributed by atoms with Crippen molar-refractivity contribution in [2.45, 2.75) is 40.3 Å². The van der Waals surface area contributed by atoms with Gasteiger partial charge in [0.15, 0.2) is 0 Å². The molecule has 1 N–H and O–H groups in total. The molecule has 128 valence electrons. The lowest BCUT2D eigenvalue weighted by Crippen LogP contribution is -2.46. The third-order valence-electron chi connectivity index (χ3n) is 4.84. The Morgan fingerprint density at radius 1 is 1.21 bits per heavy atom. The van der Waals surface area contributed by atoms with Crippen molar-refractivity contribution >= 4 is 23.3 Å². The maximum Gasteiger partial charge on any atom is 0.322 e. The van der Waals surface area contributed by atoms with E-state index in [0.717, 1.165) is 17.8 Å². The van der Waals surface area contributed by atoms with E-state index >= 15 is 0 Å². The van der Waals surface area contributed by atoms with Crippen LogP contribution in [0.4, 0.5) is 10.5 Å². The maximum atomic E-state index is 12.9. The van der Waals surface area contributed by atoms with E-state index in [4.69, 9.17) is 11.6 Å². The first-order valence-electron chi connectivity index (χ1n) is 8.39. The highest BCUT2D eigenvalue weighted by Crippen LogP contribution is 2.34. The van der Waals surface area contributed by atoms with Crippen molar-refractivity contribution in [2.24, 2.45) is 5.92 Å². The number of benzene rings is 1. The van der Waals surface area contributed by atoms with Crippen LogP contribution in [-0.2, 0) is 6.54 Å². The van der Waals surface area contributed by atoms with Crippen LogP contribution < -0.4 is 5.32 Å². The molecule has 1 aliphatic rings. The van der Waals surface area contributed by atoms with Crippen LogP contribution in [-0.4, -0.2) is 22.0 Å².